The summed E-state index contributed by atoms with van der Waals surface area (Å²) in [6.07, 6.45) is 1.81. The average molecular weight is 503 g/mol. The molecule has 4 aromatic rings. The van der Waals surface area contributed by atoms with E-state index in [0.717, 1.165) is 27.0 Å². The van der Waals surface area contributed by atoms with E-state index in [0.29, 0.717) is 21.3 Å². The summed E-state index contributed by atoms with van der Waals surface area (Å²) in [6.45, 7) is 3.86. The highest BCUT2D eigenvalue weighted by Crippen LogP contribution is 2.36. The largest absolute Gasteiger partial charge is 0.350 e. The minimum Gasteiger partial charge on any atom is -0.350 e. The molecule has 30 heavy (non-hydrogen) atoms. The number of benzene rings is 2. The summed E-state index contributed by atoms with van der Waals surface area (Å²) < 4.78 is 2.67. The molecule has 0 spiro atoms. The van der Waals surface area contributed by atoms with Crippen LogP contribution in [0.5, 0.6) is 0 Å². The van der Waals surface area contributed by atoms with Crippen LogP contribution in [-0.4, -0.2) is 21.3 Å². The molecule has 0 atom stereocenters. The smallest absolute Gasteiger partial charge is 0.253 e. The molecule has 0 saturated carbocycles. The number of nitrogens with one attached hydrogen (secondary N) is 1. The van der Waals surface area contributed by atoms with Crippen molar-refractivity contribution in [3.63, 3.8) is 0 Å². The normalized spacial score (nSPS) is 11.3. The van der Waals surface area contributed by atoms with Gasteiger partial charge in [0.05, 0.1) is 21.4 Å². The van der Waals surface area contributed by atoms with Gasteiger partial charge in [-0.1, -0.05) is 47.5 Å². The second-order valence-electron chi connectivity index (χ2n) is 7.22. The molecule has 2 aromatic heterocycles. The van der Waals surface area contributed by atoms with Gasteiger partial charge in [-0.25, -0.2) is 4.98 Å². The third-order valence-electron chi connectivity index (χ3n) is 4.59. The monoisotopic (exact) mass is 501 g/mol. The molecule has 0 aliphatic rings. The summed E-state index contributed by atoms with van der Waals surface area (Å²) in [6, 6.07) is 16.9. The lowest BCUT2D eigenvalue weighted by molar-refractivity contribution is 0.0942. The van der Waals surface area contributed by atoms with E-state index in [9.17, 15) is 4.79 Å². The third kappa shape index (κ3) is 4.10. The molecule has 4 rings (SSSR count). The van der Waals surface area contributed by atoms with Gasteiger partial charge in [0.2, 0.25) is 0 Å². The van der Waals surface area contributed by atoms with Crippen LogP contribution in [0.1, 0.15) is 24.2 Å². The number of carbonyl (C=O) groups is 1. The number of rotatable bonds is 4. The Kier molecular flexibility index (Phi) is 5.87. The molecule has 152 valence electrons. The molecule has 0 bridgehead atoms. The maximum atomic E-state index is 12.7. The van der Waals surface area contributed by atoms with Gasteiger partial charge in [0, 0.05) is 33.4 Å². The third-order valence-corrected chi connectivity index (χ3v) is 5.68. The van der Waals surface area contributed by atoms with Crippen LogP contribution < -0.4 is 5.32 Å². The van der Waals surface area contributed by atoms with E-state index in [1.54, 1.807) is 6.07 Å². The van der Waals surface area contributed by atoms with Crippen molar-refractivity contribution in [2.45, 2.75) is 19.9 Å². The fourth-order valence-corrected chi connectivity index (χ4v) is 4.04. The molecular formula is C23H18BrCl2N3O. The number of amides is 1. The zero-order valence-corrected chi connectivity index (χ0v) is 19.4. The summed E-state index contributed by atoms with van der Waals surface area (Å²) in [7, 11) is 0. The summed E-state index contributed by atoms with van der Waals surface area (Å²) in [5, 5.41) is 4.25. The van der Waals surface area contributed by atoms with Gasteiger partial charge in [0.25, 0.3) is 5.91 Å². The second-order valence-corrected chi connectivity index (χ2v) is 8.95. The Labute approximate surface area is 193 Å². The quantitative estimate of drug-likeness (QED) is 0.330. The van der Waals surface area contributed by atoms with Gasteiger partial charge in [0.1, 0.15) is 0 Å². The van der Waals surface area contributed by atoms with Gasteiger partial charge < -0.3 is 5.32 Å². The number of hydrogen-bond donors (Lipinski definition) is 1. The molecule has 0 aliphatic carbocycles. The molecule has 4 nitrogen and oxygen atoms in total. The number of pyridine rings is 1. The molecule has 7 heteroatoms. The van der Waals surface area contributed by atoms with E-state index in [4.69, 9.17) is 28.2 Å². The zero-order chi connectivity index (χ0) is 21.4. The fourth-order valence-electron chi connectivity index (χ4n) is 3.27. The Morgan fingerprint density at radius 2 is 1.57 bits per heavy atom. The number of halogens is 3. The molecule has 0 fully saturated rings. The van der Waals surface area contributed by atoms with Crippen LogP contribution in [0, 0.1) is 0 Å². The highest BCUT2D eigenvalue weighted by Gasteiger charge is 2.20. The molecule has 2 heterocycles. The molecule has 1 N–H and O–H groups in total. The topological polar surface area (TPSA) is 46.4 Å². The Balaban J connectivity index is 2.00. The number of aromatic nitrogens is 2. The van der Waals surface area contributed by atoms with Crippen LogP contribution in [0.25, 0.3) is 28.2 Å². The fraction of sp³-hybridized carbons (Fsp3) is 0.130. The summed E-state index contributed by atoms with van der Waals surface area (Å²) in [5.41, 5.74) is 4.77. The number of imidazole rings is 1. The van der Waals surface area contributed by atoms with Crippen molar-refractivity contribution in [3.05, 3.63) is 80.9 Å². The highest BCUT2D eigenvalue weighted by molar-refractivity contribution is 9.10. The Morgan fingerprint density at radius 3 is 2.13 bits per heavy atom. The van der Waals surface area contributed by atoms with Crippen LogP contribution in [0.15, 0.2) is 65.3 Å². The van der Waals surface area contributed by atoms with E-state index < -0.39 is 0 Å². The first-order valence-electron chi connectivity index (χ1n) is 9.38. The maximum absolute atomic E-state index is 12.7. The Morgan fingerprint density at radius 1 is 1.00 bits per heavy atom. The summed E-state index contributed by atoms with van der Waals surface area (Å²) >= 11 is 15.8. The van der Waals surface area contributed by atoms with Gasteiger partial charge >= 0.3 is 0 Å². The maximum Gasteiger partial charge on any atom is 0.253 e. The van der Waals surface area contributed by atoms with E-state index in [-0.39, 0.29) is 11.9 Å². The first kappa shape index (κ1) is 20.9. The predicted octanol–water partition coefficient (Wildman–Crippen LogP) is 6.88. The minimum absolute atomic E-state index is 0.0372. The lowest BCUT2D eigenvalue weighted by atomic mass is 10.0. The van der Waals surface area contributed by atoms with E-state index >= 15 is 0 Å². The van der Waals surface area contributed by atoms with Gasteiger partial charge in [-0.15, -0.1) is 0 Å². The van der Waals surface area contributed by atoms with Crippen LogP contribution >= 0.6 is 39.1 Å². The van der Waals surface area contributed by atoms with Gasteiger partial charge in [-0.3, -0.25) is 9.20 Å². The number of fused-ring (bicyclic) bond motifs is 1. The Bertz CT molecular complexity index is 1230. The molecule has 0 radical (unpaired) electrons. The summed E-state index contributed by atoms with van der Waals surface area (Å²) in [4.78, 5) is 17.5. The summed E-state index contributed by atoms with van der Waals surface area (Å²) in [5.74, 6) is -0.142. The van der Waals surface area contributed by atoms with Crippen LogP contribution in [-0.2, 0) is 0 Å². The molecule has 2 aromatic carbocycles. The van der Waals surface area contributed by atoms with Crippen LogP contribution in [0.4, 0.5) is 0 Å². The predicted molar refractivity (Wildman–Crippen MR) is 126 cm³/mol. The SMILES string of the molecule is CC(C)NC(=O)c1cc(Br)c2nc(-c3ccc(Cl)cc3)c(-c3ccc(Cl)cc3)n2c1. The molecule has 0 saturated heterocycles. The molecule has 1 amide bonds. The first-order valence-corrected chi connectivity index (χ1v) is 10.9. The van der Waals surface area contributed by atoms with Crippen molar-refractivity contribution < 1.29 is 4.79 Å². The number of carbonyl (C=O) groups excluding carboxylic acids is 1. The van der Waals surface area contributed by atoms with Gasteiger partial charge in [-0.2, -0.15) is 0 Å². The minimum atomic E-state index is -0.142. The highest BCUT2D eigenvalue weighted by atomic mass is 79.9. The molecule has 0 aliphatic heterocycles. The van der Waals surface area contributed by atoms with Crippen molar-refractivity contribution in [1.82, 2.24) is 14.7 Å². The van der Waals surface area contributed by atoms with Crippen molar-refractivity contribution in [2.75, 3.05) is 0 Å². The lowest BCUT2D eigenvalue weighted by Gasteiger charge is -2.11. The van der Waals surface area contributed by atoms with Gasteiger partial charge in [0.15, 0.2) is 5.65 Å². The first-order chi connectivity index (χ1) is 14.3. The van der Waals surface area contributed by atoms with Crippen molar-refractivity contribution in [2.24, 2.45) is 0 Å². The second kappa shape index (κ2) is 8.42. The van der Waals surface area contributed by atoms with Crippen LogP contribution in [0.3, 0.4) is 0 Å². The number of hydrogen-bond acceptors (Lipinski definition) is 2. The average Bonchev–Trinajstić information content (AvgIpc) is 3.09. The molecular weight excluding hydrogens is 485 g/mol. The van der Waals surface area contributed by atoms with E-state index in [1.165, 1.54) is 0 Å². The van der Waals surface area contributed by atoms with Gasteiger partial charge in [-0.05, 0) is 60.1 Å². The zero-order valence-electron chi connectivity index (χ0n) is 16.3. The lowest BCUT2D eigenvalue weighted by Crippen LogP contribution is -2.30. The number of nitrogens with zero attached hydrogens (tertiary/aromatic N) is 2. The van der Waals surface area contributed by atoms with Crippen LogP contribution in [0.2, 0.25) is 10.0 Å². The standard InChI is InChI=1S/C23H18BrCl2N3O/c1-13(2)27-23(30)16-11-19(24)22-28-20(14-3-7-17(25)8-4-14)21(29(22)12-16)15-5-9-18(26)10-6-15/h3-13H,1-2H3,(H,27,30). The van der Waals surface area contributed by atoms with Crippen molar-refractivity contribution >= 4 is 50.7 Å². The molecule has 0 unspecified atom stereocenters. The van der Waals surface area contributed by atoms with Crippen molar-refractivity contribution in [3.8, 4) is 22.5 Å². The van der Waals surface area contributed by atoms with Crippen molar-refractivity contribution in [1.29, 1.82) is 0 Å². The van der Waals surface area contributed by atoms with E-state index in [2.05, 4.69) is 21.2 Å². The van der Waals surface area contributed by atoms with E-state index in [1.807, 2.05) is 73.0 Å². The Hall–Kier alpha value is -2.34.